The van der Waals surface area contributed by atoms with Crippen molar-refractivity contribution in [3.8, 4) is 0 Å². The second kappa shape index (κ2) is 6.03. The SMILES string of the molecule is CC(CC1CC1)NS(=O)(=O)c1ccc(CCO)cc1. The fourth-order valence-corrected chi connectivity index (χ4v) is 3.46. The summed E-state index contributed by atoms with van der Waals surface area (Å²) in [5.74, 6) is 0.699. The minimum Gasteiger partial charge on any atom is -0.396 e. The van der Waals surface area contributed by atoms with Gasteiger partial charge in [0.1, 0.15) is 0 Å². The maximum absolute atomic E-state index is 12.2. The van der Waals surface area contributed by atoms with E-state index in [1.165, 1.54) is 12.8 Å². The van der Waals surface area contributed by atoms with Gasteiger partial charge in [-0.2, -0.15) is 0 Å². The van der Waals surface area contributed by atoms with Crippen LogP contribution in [0.4, 0.5) is 0 Å². The first kappa shape index (κ1) is 14.5. The first-order valence-electron chi connectivity index (χ1n) is 6.73. The molecule has 0 saturated heterocycles. The molecular weight excluding hydrogens is 262 g/mol. The van der Waals surface area contributed by atoms with Gasteiger partial charge in [-0.05, 0) is 43.4 Å². The van der Waals surface area contributed by atoms with Gasteiger partial charge in [0.25, 0.3) is 0 Å². The fraction of sp³-hybridized carbons (Fsp3) is 0.571. The molecule has 0 radical (unpaired) electrons. The van der Waals surface area contributed by atoms with E-state index < -0.39 is 10.0 Å². The van der Waals surface area contributed by atoms with Gasteiger partial charge in [0.2, 0.25) is 10.0 Å². The zero-order valence-corrected chi connectivity index (χ0v) is 12.0. The Balaban J connectivity index is 2.01. The van der Waals surface area contributed by atoms with Crippen LogP contribution in [0.3, 0.4) is 0 Å². The Morgan fingerprint density at radius 1 is 1.32 bits per heavy atom. The van der Waals surface area contributed by atoms with Gasteiger partial charge in [-0.25, -0.2) is 13.1 Å². The highest BCUT2D eigenvalue weighted by molar-refractivity contribution is 7.89. The number of sulfonamides is 1. The molecule has 1 aromatic carbocycles. The number of aliphatic hydroxyl groups is 1. The minimum absolute atomic E-state index is 0.0189. The van der Waals surface area contributed by atoms with Gasteiger partial charge in [-0.1, -0.05) is 25.0 Å². The van der Waals surface area contributed by atoms with Crippen molar-refractivity contribution in [2.24, 2.45) is 5.92 Å². The molecule has 1 aromatic rings. The van der Waals surface area contributed by atoms with Gasteiger partial charge in [-0.3, -0.25) is 0 Å². The van der Waals surface area contributed by atoms with Gasteiger partial charge in [-0.15, -0.1) is 0 Å². The van der Waals surface area contributed by atoms with E-state index in [1.54, 1.807) is 24.3 Å². The van der Waals surface area contributed by atoms with Crippen LogP contribution in [-0.4, -0.2) is 26.2 Å². The molecule has 1 fully saturated rings. The molecule has 0 amide bonds. The van der Waals surface area contributed by atoms with Gasteiger partial charge >= 0.3 is 0 Å². The van der Waals surface area contributed by atoms with Crippen molar-refractivity contribution >= 4 is 10.0 Å². The van der Waals surface area contributed by atoms with E-state index in [4.69, 9.17) is 5.11 Å². The van der Waals surface area contributed by atoms with Crippen molar-refractivity contribution in [2.75, 3.05) is 6.61 Å². The molecule has 1 aliphatic rings. The maximum atomic E-state index is 12.2. The third kappa shape index (κ3) is 4.30. The molecule has 2 rings (SSSR count). The van der Waals surface area contributed by atoms with Crippen molar-refractivity contribution in [1.29, 1.82) is 0 Å². The molecule has 4 nitrogen and oxygen atoms in total. The van der Waals surface area contributed by atoms with E-state index in [0.29, 0.717) is 12.3 Å². The summed E-state index contributed by atoms with van der Waals surface area (Å²) < 4.78 is 27.0. The summed E-state index contributed by atoms with van der Waals surface area (Å²) in [4.78, 5) is 0.289. The zero-order chi connectivity index (χ0) is 13.9. The van der Waals surface area contributed by atoms with Gasteiger partial charge in [0, 0.05) is 12.6 Å². The summed E-state index contributed by atoms with van der Waals surface area (Å²) in [6.45, 7) is 1.98. The monoisotopic (exact) mass is 283 g/mol. The van der Waals surface area contributed by atoms with Crippen LogP contribution in [0, 0.1) is 5.92 Å². The van der Waals surface area contributed by atoms with E-state index in [9.17, 15) is 8.42 Å². The van der Waals surface area contributed by atoms with E-state index >= 15 is 0 Å². The van der Waals surface area contributed by atoms with Crippen LogP contribution in [-0.2, 0) is 16.4 Å². The molecule has 1 saturated carbocycles. The molecule has 5 heteroatoms. The second-order valence-electron chi connectivity index (χ2n) is 5.32. The van der Waals surface area contributed by atoms with E-state index in [0.717, 1.165) is 12.0 Å². The summed E-state index contributed by atoms with van der Waals surface area (Å²) in [5, 5.41) is 8.83. The van der Waals surface area contributed by atoms with Gasteiger partial charge < -0.3 is 5.11 Å². The molecule has 0 bridgehead atoms. The quantitative estimate of drug-likeness (QED) is 0.800. The largest absolute Gasteiger partial charge is 0.396 e. The van der Waals surface area contributed by atoms with Crippen molar-refractivity contribution in [3.05, 3.63) is 29.8 Å². The smallest absolute Gasteiger partial charge is 0.240 e. The van der Waals surface area contributed by atoms with Crippen molar-refractivity contribution in [2.45, 2.75) is 43.5 Å². The molecule has 19 heavy (non-hydrogen) atoms. The molecule has 1 atom stereocenters. The Morgan fingerprint density at radius 3 is 2.47 bits per heavy atom. The van der Waals surface area contributed by atoms with Crippen LogP contribution in [0.15, 0.2) is 29.2 Å². The molecule has 0 heterocycles. The lowest BCUT2D eigenvalue weighted by Gasteiger charge is -2.14. The number of hydrogen-bond acceptors (Lipinski definition) is 3. The molecule has 1 aliphatic carbocycles. The van der Waals surface area contributed by atoms with Crippen molar-refractivity contribution < 1.29 is 13.5 Å². The van der Waals surface area contributed by atoms with Gasteiger partial charge in [0.05, 0.1) is 4.90 Å². The van der Waals surface area contributed by atoms with E-state index in [1.807, 2.05) is 6.92 Å². The summed E-state index contributed by atoms with van der Waals surface area (Å²) in [6.07, 6.45) is 3.91. The predicted molar refractivity (Wildman–Crippen MR) is 74.4 cm³/mol. The lowest BCUT2D eigenvalue weighted by Crippen LogP contribution is -2.32. The highest BCUT2D eigenvalue weighted by Gasteiger charge is 2.26. The van der Waals surface area contributed by atoms with E-state index in [2.05, 4.69) is 4.72 Å². The second-order valence-corrected chi connectivity index (χ2v) is 7.03. The average molecular weight is 283 g/mol. The molecule has 0 aliphatic heterocycles. The minimum atomic E-state index is -3.42. The van der Waals surface area contributed by atoms with Crippen LogP contribution in [0.5, 0.6) is 0 Å². The lowest BCUT2D eigenvalue weighted by molar-refractivity contribution is 0.299. The Morgan fingerprint density at radius 2 is 1.95 bits per heavy atom. The Hall–Kier alpha value is -0.910. The molecular formula is C14H21NO3S. The molecule has 106 valence electrons. The third-order valence-corrected chi connectivity index (χ3v) is 4.98. The highest BCUT2D eigenvalue weighted by Crippen LogP contribution is 2.33. The first-order valence-corrected chi connectivity index (χ1v) is 8.21. The number of hydrogen-bond donors (Lipinski definition) is 2. The normalized spacial score (nSPS) is 17.4. The number of nitrogens with one attached hydrogen (secondary N) is 1. The standard InChI is InChI=1S/C14H21NO3S/c1-11(10-13-2-3-13)15-19(17,18)14-6-4-12(5-7-14)8-9-16/h4-7,11,13,15-16H,2-3,8-10H2,1H3. The molecule has 1 unspecified atom stereocenters. The van der Waals surface area contributed by atoms with Crippen LogP contribution in [0.2, 0.25) is 0 Å². The van der Waals surface area contributed by atoms with Crippen LogP contribution < -0.4 is 4.72 Å². The van der Waals surface area contributed by atoms with Crippen LogP contribution in [0.1, 0.15) is 31.7 Å². The Kier molecular flexibility index (Phi) is 4.60. The van der Waals surface area contributed by atoms with Crippen molar-refractivity contribution in [3.63, 3.8) is 0 Å². The first-order chi connectivity index (χ1) is 9.01. The van der Waals surface area contributed by atoms with Gasteiger partial charge in [0.15, 0.2) is 0 Å². The van der Waals surface area contributed by atoms with Crippen LogP contribution >= 0.6 is 0 Å². The van der Waals surface area contributed by atoms with E-state index in [-0.39, 0.29) is 17.5 Å². The molecule has 0 aromatic heterocycles. The summed E-state index contributed by atoms with van der Waals surface area (Å²) in [6, 6.07) is 6.66. The third-order valence-electron chi connectivity index (χ3n) is 3.37. The Bertz CT molecular complexity index is 506. The highest BCUT2D eigenvalue weighted by atomic mass is 32.2. The number of aliphatic hydroxyl groups excluding tert-OH is 1. The average Bonchev–Trinajstić information content (AvgIpc) is 3.13. The Labute approximate surface area is 114 Å². The summed E-state index contributed by atoms with van der Waals surface area (Å²) in [7, 11) is -3.42. The fourth-order valence-electron chi connectivity index (χ4n) is 2.20. The maximum Gasteiger partial charge on any atom is 0.240 e. The zero-order valence-electron chi connectivity index (χ0n) is 11.2. The lowest BCUT2D eigenvalue weighted by atomic mass is 10.2. The number of benzene rings is 1. The predicted octanol–water partition coefficient (Wildman–Crippen LogP) is 1.69. The molecule has 2 N–H and O–H groups in total. The van der Waals surface area contributed by atoms with Crippen molar-refractivity contribution in [1.82, 2.24) is 4.72 Å². The topological polar surface area (TPSA) is 66.4 Å². The van der Waals surface area contributed by atoms with Crippen LogP contribution in [0.25, 0.3) is 0 Å². The molecule has 0 spiro atoms. The number of rotatable bonds is 7. The summed E-state index contributed by atoms with van der Waals surface area (Å²) >= 11 is 0. The summed E-state index contributed by atoms with van der Waals surface area (Å²) in [5.41, 5.74) is 0.937.